The minimum absolute atomic E-state index is 0.0231. The van der Waals surface area contributed by atoms with E-state index in [4.69, 9.17) is 4.52 Å². The zero-order chi connectivity index (χ0) is 20.3. The number of hydrogen-bond donors (Lipinski definition) is 0. The van der Waals surface area contributed by atoms with Gasteiger partial charge in [0.1, 0.15) is 0 Å². The maximum atomic E-state index is 13.6. The number of aromatic nitrogens is 2. The van der Waals surface area contributed by atoms with Gasteiger partial charge >= 0.3 is 0 Å². The smallest absolute Gasteiger partial charge is 0.230 e. The third-order valence-corrected chi connectivity index (χ3v) is 8.37. The second kappa shape index (κ2) is 6.93. The van der Waals surface area contributed by atoms with E-state index in [2.05, 4.69) is 34.1 Å². The highest BCUT2D eigenvalue weighted by Crippen LogP contribution is 2.60. The molecule has 5 heteroatoms. The molecule has 158 valence electrons. The number of carbonyl (C=O) groups excluding carboxylic acids is 1. The van der Waals surface area contributed by atoms with E-state index >= 15 is 0 Å². The predicted octanol–water partition coefficient (Wildman–Crippen LogP) is 4.97. The van der Waals surface area contributed by atoms with Crippen LogP contribution in [0.3, 0.4) is 0 Å². The Hall–Kier alpha value is -2.17. The van der Waals surface area contributed by atoms with Crippen LogP contribution in [0.2, 0.25) is 0 Å². The molecule has 5 aliphatic rings. The number of likely N-dealkylation sites (tertiary alicyclic amines) is 1. The van der Waals surface area contributed by atoms with Gasteiger partial charge in [-0.05, 0) is 76.0 Å². The van der Waals surface area contributed by atoms with Crippen molar-refractivity contribution in [3.05, 3.63) is 35.7 Å². The molecule has 4 bridgehead atoms. The maximum Gasteiger partial charge on any atom is 0.230 e. The van der Waals surface area contributed by atoms with Gasteiger partial charge in [-0.25, -0.2) is 0 Å². The summed E-state index contributed by atoms with van der Waals surface area (Å²) < 4.78 is 5.62. The second-order valence-electron chi connectivity index (χ2n) is 10.6. The SMILES string of the molecule is Cc1ccc(-c2noc(C3CCN(C(=O)C45CC6CC(CC(C6)C4)C5)CC3)n2)cc1. The Morgan fingerprint density at radius 1 is 1.00 bits per heavy atom. The van der Waals surface area contributed by atoms with Crippen LogP contribution in [0.25, 0.3) is 11.4 Å². The van der Waals surface area contributed by atoms with Gasteiger partial charge in [-0.15, -0.1) is 0 Å². The van der Waals surface area contributed by atoms with Gasteiger partial charge in [0.05, 0.1) is 5.41 Å². The van der Waals surface area contributed by atoms with Crippen LogP contribution in [0.5, 0.6) is 0 Å². The number of rotatable bonds is 3. The lowest BCUT2D eigenvalue weighted by atomic mass is 9.49. The van der Waals surface area contributed by atoms with E-state index in [-0.39, 0.29) is 11.3 Å². The number of amides is 1. The van der Waals surface area contributed by atoms with Crippen LogP contribution in [-0.2, 0) is 4.79 Å². The molecule has 7 rings (SSSR count). The van der Waals surface area contributed by atoms with Crippen LogP contribution in [0.4, 0.5) is 0 Å². The Balaban J connectivity index is 1.12. The molecule has 0 unspecified atom stereocenters. The minimum Gasteiger partial charge on any atom is -0.342 e. The van der Waals surface area contributed by atoms with Gasteiger partial charge in [0.2, 0.25) is 17.6 Å². The molecule has 1 saturated heterocycles. The summed E-state index contributed by atoms with van der Waals surface area (Å²) in [4.78, 5) is 20.4. The lowest BCUT2D eigenvalue weighted by Gasteiger charge is -2.57. The minimum atomic E-state index is -0.0231. The number of piperidine rings is 1. The van der Waals surface area contributed by atoms with Crippen LogP contribution in [0.1, 0.15) is 68.7 Å². The van der Waals surface area contributed by atoms with Gasteiger partial charge in [0, 0.05) is 24.6 Å². The number of aryl methyl sites for hydroxylation is 1. The van der Waals surface area contributed by atoms with E-state index in [9.17, 15) is 4.79 Å². The monoisotopic (exact) mass is 405 g/mol. The van der Waals surface area contributed by atoms with E-state index in [0.717, 1.165) is 74.4 Å². The zero-order valence-electron chi connectivity index (χ0n) is 17.8. The van der Waals surface area contributed by atoms with Crippen molar-refractivity contribution in [1.82, 2.24) is 15.0 Å². The Labute approximate surface area is 178 Å². The van der Waals surface area contributed by atoms with E-state index in [1.165, 1.54) is 24.8 Å². The molecule has 2 aromatic rings. The molecular formula is C25H31N3O2. The largest absolute Gasteiger partial charge is 0.342 e. The Morgan fingerprint density at radius 3 is 2.20 bits per heavy atom. The van der Waals surface area contributed by atoms with Gasteiger partial charge < -0.3 is 9.42 Å². The fourth-order valence-corrected chi connectivity index (χ4v) is 7.26. The summed E-state index contributed by atoms with van der Waals surface area (Å²) in [5.74, 6) is 4.57. The first kappa shape index (κ1) is 18.6. The van der Waals surface area contributed by atoms with E-state index in [1.807, 2.05) is 12.1 Å². The van der Waals surface area contributed by atoms with Crippen LogP contribution >= 0.6 is 0 Å². The highest BCUT2D eigenvalue weighted by molar-refractivity contribution is 5.83. The number of hydrogen-bond acceptors (Lipinski definition) is 4. The molecule has 5 fully saturated rings. The van der Waals surface area contributed by atoms with Gasteiger partial charge in [0.15, 0.2) is 0 Å². The second-order valence-corrected chi connectivity index (χ2v) is 10.6. The van der Waals surface area contributed by atoms with Crippen LogP contribution in [0.15, 0.2) is 28.8 Å². The van der Waals surface area contributed by atoms with E-state index in [1.54, 1.807) is 0 Å². The Bertz CT molecular complexity index is 904. The third kappa shape index (κ3) is 3.09. The molecule has 4 saturated carbocycles. The van der Waals surface area contributed by atoms with Gasteiger partial charge in [0.25, 0.3) is 0 Å². The fourth-order valence-electron chi connectivity index (χ4n) is 7.26. The quantitative estimate of drug-likeness (QED) is 0.724. The summed E-state index contributed by atoms with van der Waals surface area (Å²) >= 11 is 0. The first-order valence-corrected chi connectivity index (χ1v) is 11.8. The summed E-state index contributed by atoms with van der Waals surface area (Å²) in [5.41, 5.74) is 2.19. The van der Waals surface area contributed by atoms with Crippen LogP contribution < -0.4 is 0 Å². The molecule has 4 aliphatic carbocycles. The molecule has 1 amide bonds. The molecule has 2 heterocycles. The molecule has 1 aromatic carbocycles. The standard InChI is InChI=1S/C25H31N3O2/c1-16-2-4-20(5-3-16)22-26-23(30-27-22)21-6-8-28(9-7-21)24(29)25-13-17-10-18(14-25)12-19(11-17)15-25/h2-5,17-19,21H,6-15H2,1H3. The van der Waals surface area contributed by atoms with Crippen molar-refractivity contribution in [1.29, 1.82) is 0 Å². The highest BCUT2D eigenvalue weighted by Gasteiger charge is 2.55. The lowest BCUT2D eigenvalue weighted by Crippen LogP contribution is -2.55. The molecule has 0 radical (unpaired) electrons. The number of benzene rings is 1. The topological polar surface area (TPSA) is 59.2 Å². The molecule has 0 N–H and O–H groups in total. The zero-order valence-corrected chi connectivity index (χ0v) is 17.8. The Kier molecular flexibility index (Phi) is 4.29. The van der Waals surface area contributed by atoms with Gasteiger partial charge in [-0.2, -0.15) is 4.98 Å². The summed E-state index contributed by atoms with van der Waals surface area (Å²) in [6.45, 7) is 3.73. The van der Waals surface area contributed by atoms with Crippen molar-refractivity contribution >= 4 is 5.91 Å². The van der Waals surface area contributed by atoms with Crippen LogP contribution in [0, 0.1) is 30.1 Å². The fraction of sp³-hybridized carbons (Fsp3) is 0.640. The summed E-state index contributed by atoms with van der Waals surface area (Å²) in [5, 5.41) is 4.21. The molecule has 30 heavy (non-hydrogen) atoms. The van der Waals surface area contributed by atoms with Crippen molar-refractivity contribution in [3.8, 4) is 11.4 Å². The van der Waals surface area contributed by atoms with Crippen molar-refractivity contribution in [2.45, 2.75) is 64.2 Å². The first-order valence-electron chi connectivity index (χ1n) is 11.8. The molecule has 0 atom stereocenters. The van der Waals surface area contributed by atoms with Crippen LogP contribution in [-0.4, -0.2) is 34.0 Å². The molecule has 5 nitrogen and oxygen atoms in total. The molecule has 1 aliphatic heterocycles. The average Bonchev–Trinajstić information content (AvgIpc) is 3.23. The van der Waals surface area contributed by atoms with Crippen molar-refractivity contribution < 1.29 is 9.32 Å². The van der Waals surface area contributed by atoms with E-state index in [0.29, 0.717) is 11.7 Å². The van der Waals surface area contributed by atoms with Gasteiger partial charge in [-0.1, -0.05) is 35.0 Å². The average molecular weight is 406 g/mol. The summed E-state index contributed by atoms with van der Waals surface area (Å²) in [6.07, 6.45) is 9.46. The highest BCUT2D eigenvalue weighted by atomic mass is 16.5. The summed E-state index contributed by atoms with van der Waals surface area (Å²) in [7, 11) is 0. The molecule has 1 aromatic heterocycles. The summed E-state index contributed by atoms with van der Waals surface area (Å²) in [6, 6.07) is 8.22. The predicted molar refractivity (Wildman–Crippen MR) is 114 cm³/mol. The number of nitrogens with zero attached hydrogens (tertiary/aromatic N) is 3. The lowest BCUT2D eigenvalue weighted by molar-refractivity contribution is -0.158. The van der Waals surface area contributed by atoms with Gasteiger partial charge in [-0.3, -0.25) is 4.79 Å². The molecular weight excluding hydrogens is 374 g/mol. The third-order valence-electron chi connectivity index (χ3n) is 8.37. The van der Waals surface area contributed by atoms with Crippen molar-refractivity contribution in [3.63, 3.8) is 0 Å². The first-order chi connectivity index (χ1) is 14.6. The molecule has 0 spiro atoms. The van der Waals surface area contributed by atoms with Crippen molar-refractivity contribution in [2.75, 3.05) is 13.1 Å². The van der Waals surface area contributed by atoms with Crippen molar-refractivity contribution in [2.24, 2.45) is 23.2 Å². The Morgan fingerprint density at radius 2 is 1.60 bits per heavy atom. The number of carbonyl (C=O) groups is 1. The van der Waals surface area contributed by atoms with E-state index < -0.39 is 0 Å². The normalized spacial score (nSPS) is 33.2. The maximum absolute atomic E-state index is 13.6.